The summed E-state index contributed by atoms with van der Waals surface area (Å²) in [4.78, 5) is 3.90. The van der Waals surface area contributed by atoms with Crippen molar-refractivity contribution in [3.8, 4) is 17.2 Å². The molecule has 0 N–H and O–H groups in total. The Balaban J connectivity index is 1.64. The highest BCUT2D eigenvalue weighted by Crippen LogP contribution is 2.29. The first-order chi connectivity index (χ1) is 16.0. The lowest BCUT2D eigenvalue weighted by Crippen LogP contribution is -2.04. The summed E-state index contributed by atoms with van der Waals surface area (Å²) < 4.78 is 47.5. The van der Waals surface area contributed by atoms with Crippen LogP contribution in [0, 0.1) is 11.6 Å². The number of ether oxygens (including phenoxy) is 3. The van der Waals surface area contributed by atoms with Gasteiger partial charge in [-0.1, -0.05) is 5.21 Å². The van der Waals surface area contributed by atoms with Crippen molar-refractivity contribution >= 4 is 11.5 Å². The zero-order valence-electron chi connectivity index (χ0n) is 18.1. The van der Waals surface area contributed by atoms with Gasteiger partial charge < -0.3 is 14.2 Å². The minimum absolute atomic E-state index is 0.0372. The van der Waals surface area contributed by atoms with Crippen molar-refractivity contribution in [3.05, 3.63) is 78.1 Å². The summed E-state index contributed by atoms with van der Waals surface area (Å²) in [6.07, 6.45) is 4.45. The van der Waals surface area contributed by atoms with Gasteiger partial charge in [0.25, 0.3) is 0 Å². The molecule has 0 saturated heterocycles. The maximum absolute atomic E-state index is 14.6. The summed E-state index contributed by atoms with van der Waals surface area (Å²) in [5, 5.41) is 12.3. The molecule has 0 fully saturated rings. The first kappa shape index (κ1) is 21.9. The third-order valence-corrected chi connectivity index (χ3v) is 4.80. The van der Waals surface area contributed by atoms with Crippen LogP contribution in [0.2, 0.25) is 0 Å². The van der Waals surface area contributed by atoms with Crippen LogP contribution in [0.3, 0.4) is 0 Å². The molecular formula is C22H20F2N6O3. The Morgan fingerprint density at radius 3 is 2.61 bits per heavy atom. The normalized spacial score (nSPS) is 11.8. The number of nitrogens with zero attached hydrogens (tertiary/aromatic N) is 6. The minimum atomic E-state index is -0.769. The van der Waals surface area contributed by atoms with Gasteiger partial charge in [-0.05, 0) is 31.2 Å². The Morgan fingerprint density at radius 1 is 1.06 bits per heavy atom. The summed E-state index contributed by atoms with van der Waals surface area (Å²) in [6.45, 7) is 1.65. The molecule has 2 aromatic carbocycles. The van der Waals surface area contributed by atoms with E-state index in [1.165, 1.54) is 28.1 Å². The highest BCUT2D eigenvalue weighted by Gasteiger charge is 2.17. The number of aromatic nitrogens is 6. The topological polar surface area (TPSA) is 89.1 Å². The molecular weight excluding hydrogens is 434 g/mol. The van der Waals surface area contributed by atoms with Gasteiger partial charge in [0.1, 0.15) is 53.8 Å². The van der Waals surface area contributed by atoms with E-state index in [0.717, 1.165) is 12.1 Å². The highest BCUT2D eigenvalue weighted by molar-refractivity contribution is 5.77. The Hall–Kier alpha value is -4.28. The van der Waals surface area contributed by atoms with Gasteiger partial charge in [-0.25, -0.2) is 23.1 Å². The predicted molar refractivity (Wildman–Crippen MR) is 114 cm³/mol. The van der Waals surface area contributed by atoms with E-state index >= 15 is 0 Å². The lowest BCUT2D eigenvalue weighted by Gasteiger charge is -2.14. The van der Waals surface area contributed by atoms with E-state index in [-0.39, 0.29) is 17.9 Å². The number of allylic oxidation sites excluding steroid dienone is 1. The maximum Gasteiger partial charge on any atom is 0.151 e. The van der Waals surface area contributed by atoms with Crippen molar-refractivity contribution < 1.29 is 23.0 Å². The molecule has 33 heavy (non-hydrogen) atoms. The van der Waals surface area contributed by atoms with Gasteiger partial charge in [-0.15, -0.1) is 5.10 Å². The third-order valence-electron chi connectivity index (χ3n) is 4.80. The van der Waals surface area contributed by atoms with Crippen LogP contribution in [0.5, 0.6) is 11.5 Å². The fourth-order valence-electron chi connectivity index (χ4n) is 3.14. The van der Waals surface area contributed by atoms with Crippen LogP contribution in [0.15, 0.2) is 55.2 Å². The number of hydrogen-bond donors (Lipinski definition) is 0. The molecule has 0 amide bonds. The van der Waals surface area contributed by atoms with Crippen LogP contribution in [-0.4, -0.2) is 44.0 Å². The van der Waals surface area contributed by atoms with Crippen molar-refractivity contribution in [1.29, 1.82) is 0 Å². The largest absolute Gasteiger partial charge is 0.497 e. The molecule has 0 saturated carbocycles. The van der Waals surface area contributed by atoms with Gasteiger partial charge in [0.15, 0.2) is 5.76 Å². The SMILES string of the molecule is COc1ccc(OC)c(-n2cc(CO/C(=C(/C)n3cncn3)c3ccc(F)cc3F)nn2)c1. The van der Waals surface area contributed by atoms with Gasteiger partial charge in [-0.2, -0.15) is 5.10 Å². The van der Waals surface area contributed by atoms with E-state index < -0.39 is 11.6 Å². The Morgan fingerprint density at radius 2 is 1.91 bits per heavy atom. The maximum atomic E-state index is 14.6. The van der Waals surface area contributed by atoms with E-state index in [2.05, 4.69) is 20.4 Å². The highest BCUT2D eigenvalue weighted by atomic mass is 19.1. The average Bonchev–Trinajstić information content (AvgIpc) is 3.52. The van der Waals surface area contributed by atoms with Crippen LogP contribution in [0.25, 0.3) is 17.1 Å². The molecule has 0 aliphatic carbocycles. The minimum Gasteiger partial charge on any atom is -0.497 e. The molecule has 0 unspecified atom stereocenters. The smallest absolute Gasteiger partial charge is 0.151 e. The second kappa shape index (κ2) is 9.47. The zero-order valence-corrected chi connectivity index (χ0v) is 18.1. The summed E-state index contributed by atoms with van der Waals surface area (Å²) >= 11 is 0. The molecule has 2 aromatic heterocycles. The van der Waals surface area contributed by atoms with Crippen molar-refractivity contribution in [2.45, 2.75) is 13.5 Å². The summed E-state index contributed by atoms with van der Waals surface area (Å²) in [5.41, 5.74) is 1.62. The predicted octanol–water partition coefficient (Wildman–Crippen LogP) is 3.72. The number of benzene rings is 2. The van der Waals surface area contributed by atoms with E-state index in [0.29, 0.717) is 28.6 Å². The van der Waals surface area contributed by atoms with Crippen LogP contribution >= 0.6 is 0 Å². The lowest BCUT2D eigenvalue weighted by molar-refractivity contribution is 0.258. The monoisotopic (exact) mass is 454 g/mol. The molecule has 0 atom stereocenters. The molecule has 0 aliphatic heterocycles. The molecule has 0 aliphatic rings. The lowest BCUT2D eigenvalue weighted by atomic mass is 10.1. The first-order valence-corrected chi connectivity index (χ1v) is 9.78. The standard InChI is InChI=1S/C22H20F2N6O3/c1-14(30-13-25-12-26-30)22(18-6-4-15(23)8-19(18)24)33-11-16-10-29(28-27-16)20-9-17(31-2)5-7-21(20)32-3/h4-10,12-13H,11H2,1-3H3/b22-14-. The van der Waals surface area contributed by atoms with Crippen LogP contribution in [0.4, 0.5) is 8.78 Å². The third kappa shape index (κ3) is 4.66. The second-order valence-electron chi connectivity index (χ2n) is 6.86. The molecule has 0 radical (unpaired) electrons. The number of halogens is 2. The molecule has 4 rings (SSSR count). The number of rotatable bonds is 8. The molecule has 9 nitrogen and oxygen atoms in total. The van der Waals surface area contributed by atoms with Gasteiger partial charge >= 0.3 is 0 Å². The number of methoxy groups -OCH3 is 2. The fourth-order valence-corrected chi connectivity index (χ4v) is 3.14. The summed E-state index contributed by atoms with van der Waals surface area (Å²) in [7, 11) is 3.11. The van der Waals surface area contributed by atoms with Crippen molar-refractivity contribution in [2.24, 2.45) is 0 Å². The molecule has 11 heteroatoms. The second-order valence-corrected chi connectivity index (χ2v) is 6.86. The Bertz CT molecular complexity index is 1290. The van der Waals surface area contributed by atoms with Crippen LogP contribution in [0.1, 0.15) is 18.2 Å². The van der Waals surface area contributed by atoms with Crippen LogP contribution in [-0.2, 0) is 11.3 Å². The van der Waals surface area contributed by atoms with E-state index in [1.54, 1.807) is 45.5 Å². The van der Waals surface area contributed by atoms with Crippen molar-refractivity contribution in [3.63, 3.8) is 0 Å². The molecule has 0 spiro atoms. The van der Waals surface area contributed by atoms with Crippen molar-refractivity contribution in [2.75, 3.05) is 14.2 Å². The average molecular weight is 454 g/mol. The van der Waals surface area contributed by atoms with E-state index in [1.807, 2.05) is 0 Å². The quantitative estimate of drug-likeness (QED) is 0.375. The van der Waals surface area contributed by atoms with Gasteiger partial charge in [0, 0.05) is 12.1 Å². The van der Waals surface area contributed by atoms with Gasteiger partial charge in [-0.3, -0.25) is 0 Å². The van der Waals surface area contributed by atoms with E-state index in [9.17, 15) is 8.78 Å². The zero-order chi connectivity index (χ0) is 23.4. The fraction of sp³-hybridized carbons (Fsp3) is 0.182. The number of hydrogen-bond acceptors (Lipinski definition) is 7. The van der Waals surface area contributed by atoms with Gasteiger partial charge in [0.05, 0.1) is 31.7 Å². The molecule has 2 heterocycles. The molecule has 4 aromatic rings. The van der Waals surface area contributed by atoms with Crippen molar-refractivity contribution in [1.82, 2.24) is 29.8 Å². The molecule has 170 valence electrons. The molecule has 0 bridgehead atoms. The Kier molecular flexibility index (Phi) is 6.29. The summed E-state index contributed by atoms with van der Waals surface area (Å²) in [6, 6.07) is 8.53. The van der Waals surface area contributed by atoms with Crippen LogP contribution < -0.4 is 9.47 Å². The first-order valence-electron chi connectivity index (χ1n) is 9.78. The Labute approximate surface area is 187 Å². The summed E-state index contributed by atoms with van der Waals surface area (Å²) in [5.74, 6) is -0.103. The van der Waals surface area contributed by atoms with Gasteiger partial charge in [0.2, 0.25) is 0 Å². The van der Waals surface area contributed by atoms with E-state index in [4.69, 9.17) is 14.2 Å².